The smallest absolute Gasteiger partial charge is 0.235 e. The molecule has 0 radical (unpaired) electrons. The van der Waals surface area contributed by atoms with Gasteiger partial charge in [0.1, 0.15) is 22.8 Å². The first-order valence-corrected chi connectivity index (χ1v) is 13.6. The predicted molar refractivity (Wildman–Crippen MR) is 131 cm³/mol. The van der Waals surface area contributed by atoms with Gasteiger partial charge in [0.15, 0.2) is 15.0 Å². The van der Waals surface area contributed by atoms with Crippen molar-refractivity contribution in [2.45, 2.75) is 11.8 Å². The molecule has 1 N–H and O–H groups in total. The first kappa shape index (κ1) is 24.4. The number of benzene rings is 2. The molecule has 2 heterocycles. The molecule has 4 rings (SSSR count). The van der Waals surface area contributed by atoms with Crippen LogP contribution in [-0.4, -0.2) is 75.8 Å². The summed E-state index contributed by atoms with van der Waals surface area (Å²) in [6.07, 6.45) is 0. The van der Waals surface area contributed by atoms with E-state index in [0.717, 1.165) is 59.4 Å². The zero-order valence-electron chi connectivity index (χ0n) is 18.9. The minimum Gasteiger partial charge on any atom is -0.492 e. The number of carbonyl (C=O) groups is 1. The van der Waals surface area contributed by atoms with Gasteiger partial charge in [0, 0.05) is 39.3 Å². The minimum absolute atomic E-state index is 0.0663. The van der Waals surface area contributed by atoms with Crippen LogP contribution < -0.4 is 15.0 Å². The van der Waals surface area contributed by atoms with Crippen molar-refractivity contribution < 1.29 is 22.3 Å². The molecule has 0 unspecified atom stereocenters. The van der Waals surface area contributed by atoms with Crippen molar-refractivity contribution in [2.24, 2.45) is 0 Å². The highest BCUT2D eigenvalue weighted by molar-refractivity contribution is 7.92. The van der Waals surface area contributed by atoms with Gasteiger partial charge in [-0.3, -0.25) is 9.69 Å². The predicted octanol–water partition coefficient (Wildman–Crippen LogP) is 2.55. The number of piperazine rings is 1. The largest absolute Gasteiger partial charge is 0.492 e. The van der Waals surface area contributed by atoms with Crippen molar-refractivity contribution in [1.29, 1.82) is 0 Å². The number of sulfone groups is 1. The Balaban J connectivity index is 1.23. The molecule has 1 fully saturated rings. The van der Waals surface area contributed by atoms with Gasteiger partial charge in [-0.2, -0.15) is 0 Å². The third-order valence-corrected chi connectivity index (χ3v) is 8.27. The molecule has 2 aromatic carbocycles. The molecule has 1 aromatic heterocycles. The number of ether oxygens (including phenoxy) is 1. The Morgan fingerprint density at radius 1 is 1.15 bits per heavy atom. The molecule has 0 saturated carbocycles. The van der Waals surface area contributed by atoms with Crippen LogP contribution >= 0.6 is 11.3 Å². The van der Waals surface area contributed by atoms with Gasteiger partial charge in [-0.15, -0.1) is 0 Å². The van der Waals surface area contributed by atoms with E-state index in [1.807, 2.05) is 25.1 Å². The summed E-state index contributed by atoms with van der Waals surface area (Å²) in [5.74, 6) is -0.948. The number of aromatic nitrogens is 1. The second kappa shape index (κ2) is 10.7. The number of halogens is 1. The summed E-state index contributed by atoms with van der Waals surface area (Å²) in [6.45, 7) is 6.81. The van der Waals surface area contributed by atoms with Gasteiger partial charge in [-0.25, -0.2) is 17.8 Å². The molecule has 182 valence electrons. The van der Waals surface area contributed by atoms with Gasteiger partial charge in [-0.05, 0) is 43.3 Å². The zero-order valence-corrected chi connectivity index (χ0v) is 20.5. The lowest BCUT2D eigenvalue weighted by atomic mass is 10.3. The average molecular weight is 507 g/mol. The van der Waals surface area contributed by atoms with Crippen LogP contribution in [0.2, 0.25) is 0 Å². The number of anilines is 1. The van der Waals surface area contributed by atoms with Crippen LogP contribution in [0.3, 0.4) is 0 Å². The van der Waals surface area contributed by atoms with Crippen molar-refractivity contribution in [1.82, 2.24) is 15.2 Å². The summed E-state index contributed by atoms with van der Waals surface area (Å²) in [5, 5.41) is 3.65. The third kappa shape index (κ3) is 5.83. The molecular weight excluding hydrogens is 479 g/mol. The highest BCUT2D eigenvalue weighted by Crippen LogP contribution is 2.34. The Morgan fingerprint density at radius 2 is 1.88 bits per heavy atom. The van der Waals surface area contributed by atoms with Gasteiger partial charge < -0.3 is 15.0 Å². The second-order valence-electron chi connectivity index (χ2n) is 7.92. The van der Waals surface area contributed by atoms with E-state index < -0.39 is 27.3 Å². The lowest BCUT2D eigenvalue weighted by molar-refractivity contribution is -0.118. The number of nitrogens with one attached hydrogen (secondary N) is 1. The van der Waals surface area contributed by atoms with E-state index in [1.54, 1.807) is 11.3 Å². The van der Waals surface area contributed by atoms with E-state index in [4.69, 9.17) is 9.72 Å². The highest BCUT2D eigenvalue weighted by Gasteiger charge is 2.22. The van der Waals surface area contributed by atoms with Crippen molar-refractivity contribution in [3.63, 3.8) is 0 Å². The fourth-order valence-corrected chi connectivity index (χ4v) is 5.98. The number of carbonyl (C=O) groups excluding carboxylic acids is 1. The molecule has 1 aliphatic heterocycles. The van der Waals surface area contributed by atoms with Gasteiger partial charge in [-0.1, -0.05) is 17.4 Å². The first-order valence-electron chi connectivity index (χ1n) is 11.1. The molecular formula is C23H27FN4O4S2. The van der Waals surface area contributed by atoms with Gasteiger partial charge in [0.2, 0.25) is 5.91 Å². The van der Waals surface area contributed by atoms with Crippen LogP contribution in [0.15, 0.2) is 47.4 Å². The number of amides is 1. The Bertz CT molecular complexity index is 1240. The van der Waals surface area contributed by atoms with Crippen LogP contribution in [0.4, 0.5) is 9.52 Å². The van der Waals surface area contributed by atoms with Crippen LogP contribution in [-0.2, 0) is 14.6 Å². The van der Waals surface area contributed by atoms with Crippen LogP contribution in [0.25, 0.3) is 10.2 Å². The van der Waals surface area contributed by atoms with Crippen molar-refractivity contribution >= 4 is 42.4 Å². The second-order valence-corrected chi connectivity index (χ2v) is 10.9. The van der Waals surface area contributed by atoms with Crippen LogP contribution in [0.5, 0.6) is 5.75 Å². The molecule has 11 heteroatoms. The third-order valence-electron chi connectivity index (χ3n) is 5.56. The first-order chi connectivity index (χ1) is 16.4. The monoisotopic (exact) mass is 506 g/mol. The van der Waals surface area contributed by atoms with E-state index in [2.05, 4.69) is 15.1 Å². The summed E-state index contributed by atoms with van der Waals surface area (Å²) in [5.41, 5.74) is 0.894. The van der Waals surface area contributed by atoms with Crippen LogP contribution in [0.1, 0.15) is 6.92 Å². The van der Waals surface area contributed by atoms with E-state index in [9.17, 15) is 17.6 Å². The zero-order chi connectivity index (χ0) is 24.1. The fourth-order valence-electron chi connectivity index (χ4n) is 3.78. The molecule has 0 aliphatic carbocycles. The topological polar surface area (TPSA) is 91.8 Å². The van der Waals surface area contributed by atoms with E-state index in [1.165, 1.54) is 12.1 Å². The number of hydrogen-bond donors (Lipinski definition) is 1. The number of nitrogens with zero attached hydrogens (tertiary/aromatic N) is 3. The Morgan fingerprint density at radius 3 is 2.59 bits per heavy atom. The van der Waals surface area contributed by atoms with Crippen LogP contribution in [0, 0.1) is 5.82 Å². The number of fused-ring (bicyclic) bond motifs is 1. The standard InChI is InChI=1S/C23H27FN4O4S2/c1-2-32-19-4-3-5-20-22(19)26-23(33-20)28-14-12-27(13-15-28)11-10-25-21(29)16-34(30,31)18-8-6-17(24)7-9-18/h3-9H,2,10-16H2,1H3,(H,25,29). The molecule has 3 aromatic rings. The summed E-state index contributed by atoms with van der Waals surface area (Å²) in [4.78, 5) is 21.3. The normalized spacial score (nSPS) is 14.9. The molecule has 0 atom stereocenters. The fraction of sp³-hybridized carbons (Fsp3) is 0.391. The Labute approximate surface area is 202 Å². The van der Waals surface area contributed by atoms with E-state index >= 15 is 0 Å². The molecule has 34 heavy (non-hydrogen) atoms. The summed E-state index contributed by atoms with van der Waals surface area (Å²) in [6, 6.07) is 10.4. The Kier molecular flexibility index (Phi) is 7.64. The van der Waals surface area contributed by atoms with E-state index in [-0.39, 0.29) is 4.90 Å². The minimum atomic E-state index is -3.80. The maximum Gasteiger partial charge on any atom is 0.235 e. The molecule has 0 bridgehead atoms. The molecule has 8 nitrogen and oxygen atoms in total. The number of hydrogen-bond acceptors (Lipinski definition) is 8. The average Bonchev–Trinajstić information content (AvgIpc) is 3.25. The summed E-state index contributed by atoms with van der Waals surface area (Å²) >= 11 is 1.65. The summed E-state index contributed by atoms with van der Waals surface area (Å²) in [7, 11) is -3.80. The quantitative estimate of drug-likeness (QED) is 0.446. The SMILES string of the molecule is CCOc1cccc2sc(N3CCN(CCNC(=O)CS(=O)(=O)c4ccc(F)cc4)CC3)nc12. The van der Waals surface area contributed by atoms with Crippen molar-refractivity contribution in [3.8, 4) is 5.75 Å². The number of thiazole rings is 1. The number of para-hydroxylation sites is 1. The lowest BCUT2D eigenvalue weighted by Crippen LogP contribution is -2.48. The number of rotatable bonds is 9. The molecule has 1 saturated heterocycles. The Hall–Kier alpha value is -2.76. The lowest BCUT2D eigenvalue weighted by Gasteiger charge is -2.34. The maximum absolute atomic E-state index is 13.0. The van der Waals surface area contributed by atoms with Gasteiger partial charge in [0.25, 0.3) is 0 Å². The summed E-state index contributed by atoms with van der Waals surface area (Å²) < 4.78 is 44.4. The molecule has 1 aliphatic rings. The van der Waals surface area contributed by atoms with Crippen molar-refractivity contribution in [2.75, 3.05) is 56.5 Å². The van der Waals surface area contributed by atoms with Gasteiger partial charge >= 0.3 is 0 Å². The highest BCUT2D eigenvalue weighted by atomic mass is 32.2. The van der Waals surface area contributed by atoms with Crippen molar-refractivity contribution in [3.05, 3.63) is 48.3 Å². The maximum atomic E-state index is 13.0. The van der Waals surface area contributed by atoms with Gasteiger partial charge in [0.05, 0.1) is 16.2 Å². The molecule has 0 spiro atoms. The van der Waals surface area contributed by atoms with E-state index in [0.29, 0.717) is 19.7 Å². The molecule has 1 amide bonds.